The molecule has 39 heavy (non-hydrogen) atoms. The minimum absolute atomic E-state index is 0.0223. The number of rotatable bonds is 2. The summed E-state index contributed by atoms with van der Waals surface area (Å²) in [5.41, 5.74) is 6.56. The molecule has 2 bridgehead atoms. The minimum atomic E-state index is -1.46. The van der Waals surface area contributed by atoms with Crippen molar-refractivity contribution in [2.45, 2.75) is 70.9 Å². The molecule has 10 nitrogen and oxygen atoms in total. The van der Waals surface area contributed by atoms with Crippen molar-refractivity contribution >= 4 is 17.8 Å². The second-order valence-electron chi connectivity index (χ2n) is 10.3. The lowest BCUT2D eigenvalue weighted by atomic mass is 9.92. The third-order valence-electron chi connectivity index (χ3n) is 6.93. The Balaban J connectivity index is 1.86. The van der Waals surface area contributed by atoms with E-state index in [0.29, 0.717) is 25.0 Å². The van der Waals surface area contributed by atoms with E-state index in [-0.39, 0.29) is 55.3 Å². The summed E-state index contributed by atoms with van der Waals surface area (Å²) < 4.78 is 25.8. The van der Waals surface area contributed by atoms with E-state index in [0.717, 1.165) is 6.26 Å². The molecule has 0 radical (unpaired) electrons. The molecule has 1 aromatic heterocycles. The lowest BCUT2D eigenvalue weighted by molar-refractivity contribution is -0.158. The van der Waals surface area contributed by atoms with Gasteiger partial charge in [0.15, 0.2) is 11.6 Å². The SMILES string of the molecule is CC1=C[C@@H](O)C[C@@H](F)Cc2nc(co2)C(=O)N2CCC[C@@H]2C(=O)O[C@H]([C@H](C)CN)[C@H](C)/C=C/C(=O)NCC=C1. The number of aliphatic hydroxyl groups excluding tert-OH is 1. The van der Waals surface area contributed by atoms with E-state index >= 15 is 0 Å². The van der Waals surface area contributed by atoms with Crippen molar-refractivity contribution in [3.05, 3.63) is 53.8 Å². The largest absolute Gasteiger partial charge is 0.460 e. The van der Waals surface area contributed by atoms with Crippen molar-refractivity contribution in [2.75, 3.05) is 19.6 Å². The predicted octanol–water partition coefficient (Wildman–Crippen LogP) is 2.24. The zero-order valence-electron chi connectivity index (χ0n) is 22.7. The molecule has 3 heterocycles. The zero-order chi connectivity index (χ0) is 28.5. The van der Waals surface area contributed by atoms with Crippen molar-refractivity contribution in [3.8, 4) is 0 Å². The maximum absolute atomic E-state index is 14.6. The van der Waals surface area contributed by atoms with Crippen molar-refractivity contribution in [1.82, 2.24) is 15.2 Å². The molecule has 0 aliphatic carbocycles. The van der Waals surface area contributed by atoms with Crippen molar-refractivity contribution in [2.24, 2.45) is 17.6 Å². The van der Waals surface area contributed by atoms with Gasteiger partial charge in [0.1, 0.15) is 24.6 Å². The van der Waals surface area contributed by atoms with Gasteiger partial charge in [0.05, 0.1) is 12.5 Å². The van der Waals surface area contributed by atoms with Gasteiger partial charge < -0.3 is 30.2 Å². The molecule has 0 aromatic carbocycles. The molecule has 0 saturated carbocycles. The fourth-order valence-electron chi connectivity index (χ4n) is 4.77. The Labute approximate surface area is 228 Å². The maximum Gasteiger partial charge on any atom is 0.329 e. The van der Waals surface area contributed by atoms with Crippen molar-refractivity contribution in [3.63, 3.8) is 0 Å². The number of hydrogen-bond donors (Lipinski definition) is 3. The number of nitrogens with two attached hydrogens (primary N) is 1. The standard InChI is InChI=1S/C28H39FN4O6/c1-17-6-4-10-31-24(35)9-8-18(2)26(19(3)15-30)39-28(37)23-7-5-11-33(23)27(36)22-16-38-25(32-22)14-20(29)13-21(34)12-17/h4,6,8-9,12,16,18-21,23,26,34H,5,7,10-11,13-15,30H2,1-3H3,(H,31,35)/b6-4?,9-8+,17-12?/t18-,19-,20-,21-,23-,26+/m1/s1. The Morgan fingerprint density at radius 2 is 2.08 bits per heavy atom. The van der Waals surface area contributed by atoms with E-state index in [1.165, 1.54) is 17.1 Å². The van der Waals surface area contributed by atoms with Gasteiger partial charge in [-0.1, -0.05) is 43.7 Å². The van der Waals surface area contributed by atoms with Crippen LogP contribution >= 0.6 is 0 Å². The van der Waals surface area contributed by atoms with Crippen LogP contribution in [-0.4, -0.2) is 76.8 Å². The van der Waals surface area contributed by atoms with Crippen LogP contribution in [0.2, 0.25) is 0 Å². The number of carbonyl (C=O) groups excluding carboxylic acids is 3. The van der Waals surface area contributed by atoms with Crippen LogP contribution in [0.1, 0.15) is 56.4 Å². The number of nitrogens with one attached hydrogen (secondary N) is 1. The molecule has 3 rings (SSSR count). The molecule has 2 amide bonds. The molecular formula is C28H39FN4O6. The molecule has 0 spiro atoms. The molecule has 1 saturated heterocycles. The number of aromatic nitrogens is 1. The number of oxazole rings is 1. The van der Waals surface area contributed by atoms with Gasteiger partial charge in [0.25, 0.3) is 5.91 Å². The highest BCUT2D eigenvalue weighted by atomic mass is 19.1. The highest BCUT2D eigenvalue weighted by Gasteiger charge is 2.39. The summed E-state index contributed by atoms with van der Waals surface area (Å²) in [6.45, 7) is 6.31. The molecule has 2 aliphatic rings. The molecule has 1 fully saturated rings. The summed E-state index contributed by atoms with van der Waals surface area (Å²) in [5.74, 6) is -1.86. The lowest BCUT2D eigenvalue weighted by Crippen LogP contribution is -2.45. The Morgan fingerprint density at radius 3 is 2.82 bits per heavy atom. The van der Waals surface area contributed by atoms with Gasteiger partial charge in [0, 0.05) is 31.3 Å². The van der Waals surface area contributed by atoms with Gasteiger partial charge in [-0.15, -0.1) is 0 Å². The van der Waals surface area contributed by atoms with E-state index in [4.69, 9.17) is 14.9 Å². The summed E-state index contributed by atoms with van der Waals surface area (Å²) in [6, 6.07) is -0.808. The first-order chi connectivity index (χ1) is 18.6. The van der Waals surface area contributed by atoms with Crippen LogP contribution in [0.4, 0.5) is 4.39 Å². The molecule has 6 atom stereocenters. The second kappa shape index (κ2) is 14.2. The monoisotopic (exact) mass is 546 g/mol. The summed E-state index contributed by atoms with van der Waals surface area (Å²) in [6.07, 6.45) is 6.71. The van der Waals surface area contributed by atoms with Crippen LogP contribution in [-0.2, 0) is 20.7 Å². The van der Waals surface area contributed by atoms with Crippen molar-refractivity contribution in [1.29, 1.82) is 0 Å². The summed E-state index contributed by atoms with van der Waals surface area (Å²) in [4.78, 5) is 44.3. The van der Waals surface area contributed by atoms with Crippen molar-refractivity contribution < 1.29 is 33.0 Å². The smallest absolute Gasteiger partial charge is 0.329 e. The molecule has 214 valence electrons. The number of halogens is 1. The number of ether oxygens (including phenoxy) is 1. The molecule has 2 aliphatic heterocycles. The average Bonchev–Trinajstić information content (AvgIpc) is 3.57. The number of esters is 1. The van der Waals surface area contributed by atoms with Crippen LogP contribution in [0.15, 0.2) is 46.6 Å². The van der Waals surface area contributed by atoms with E-state index in [1.54, 1.807) is 25.2 Å². The second-order valence-corrected chi connectivity index (χ2v) is 10.3. The Kier molecular flexibility index (Phi) is 11.0. The highest BCUT2D eigenvalue weighted by molar-refractivity contribution is 5.95. The van der Waals surface area contributed by atoms with Gasteiger partial charge in [0.2, 0.25) is 5.91 Å². The van der Waals surface area contributed by atoms with E-state index in [9.17, 15) is 23.9 Å². The van der Waals surface area contributed by atoms with Crippen LogP contribution in [0.5, 0.6) is 0 Å². The Bertz CT molecular complexity index is 1100. The topological polar surface area (TPSA) is 148 Å². The Morgan fingerprint density at radius 1 is 1.31 bits per heavy atom. The third-order valence-corrected chi connectivity index (χ3v) is 6.93. The summed E-state index contributed by atoms with van der Waals surface area (Å²) >= 11 is 0. The van der Waals surface area contributed by atoms with E-state index in [2.05, 4.69) is 10.3 Å². The minimum Gasteiger partial charge on any atom is -0.460 e. The van der Waals surface area contributed by atoms with Gasteiger partial charge >= 0.3 is 5.97 Å². The maximum atomic E-state index is 14.6. The third kappa shape index (κ3) is 8.59. The fraction of sp³-hybridized carbons (Fsp3) is 0.571. The average molecular weight is 547 g/mol. The number of hydrogen-bond acceptors (Lipinski definition) is 8. The number of amides is 2. The number of fused-ring (bicyclic) bond motifs is 3. The summed E-state index contributed by atoms with van der Waals surface area (Å²) in [7, 11) is 0. The summed E-state index contributed by atoms with van der Waals surface area (Å²) in [5, 5.41) is 13.0. The first-order valence-corrected chi connectivity index (χ1v) is 13.4. The Hall–Kier alpha value is -3.31. The number of carbonyl (C=O) groups is 3. The highest BCUT2D eigenvalue weighted by Crippen LogP contribution is 2.25. The van der Waals surface area contributed by atoms with E-state index in [1.807, 2.05) is 13.8 Å². The molecular weight excluding hydrogens is 507 g/mol. The van der Waals surface area contributed by atoms with Gasteiger partial charge in [-0.2, -0.15) is 0 Å². The number of aliphatic hydroxyl groups is 1. The molecule has 4 N–H and O–H groups in total. The molecule has 1 aromatic rings. The van der Waals surface area contributed by atoms with Crippen LogP contribution in [0.25, 0.3) is 0 Å². The van der Waals surface area contributed by atoms with E-state index < -0.39 is 36.3 Å². The quantitative estimate of drug-likeness (QED) is 0.479. The van der Waals surface area contributed by atoms with Gasteiger partial charge in [-0.3, -0.25) is 9.59 Å². The fourth-order valence-corrected chi connectivity index (χ4v) is 4.77. The van der Waals surface area contributed by atoms with Crippen LogP contribution in [0.3, 0.4) is 0 Å². The number of alkyl halides is 1. The zero-order valence-corrected chi connectivity index (χ0v) is 22.7. The number of cyclic esters (lactones) is 1. The number of allylic oxidation sites excluding steroid dienone is 2. The van der Waals surface area contributed by atoms with Crippen LogP contribution in [0, 0.1) is 11.8 Å². The lowest BCUT2D eigenvalue weighted by Gasteiger charge is -2.30. The van der Waals surface area contributed by atoms with Gasteiger partial charge in [-0.05, 0) is 32.4 Å². The normalized spacial score (nSPS) is 29.7. The first kappa shape index (κ1) is 30.2. The van der Waals surface area contributed by atoms with Gasteiger partial charge in [-0.25, -0.2) is 14.2 Å². The molecule has 11 heteroatoms. The van der Waals surface area contributed by atoms with Crippen LogP contribution < -0.4 is 11.1 Å². The molecule has 0 unspecified atom stereocenters. The number of nitrogens with zero attached hydrogens (tertiary/aromatic N) is 2. The first-order valence-electron chi connectivity index (χ1n) is 13.4. The predicted molar refractivity (Wildman–Crippen MR) is 142 cm³/mol.